The van der Waals surface area contributed by atoms with E-state index in [1.807, 2.05) is 0 Å². The van der Waals surface area contributed by atoms with Crippen molar-refractivity contribution in [3.05, 3.63) is 0 Å². The van der Waals surface area contributed by atoms with E-state index in [1.54, 1.807) is 0 Å². The zero-order chi connectivity index (χ0) is 11.8. The van der Waals surface area contributed by atoms with Crippen molar-refractivity contribution in [1.29, 1.82) is 0 Å². The van der Waals surface area contributed by atoms with Gasteiger partial charge in [-0.25, -0.2) is 0 Å². The van der Waals surface area contributed by atoms with E-state index in [2.05, 4.69) is 25.8 Å². The maximum absolute atomic E-state index is 5.99. The molecule has 0 amide bonds. The molecule has 2 nitrogen and oxygen atoms in total. The maximum Gasteiger partial charge on any atom is 0.0146 e. The zero-order valence-electron chi connectivity index (χ0n) is 11.2. The summed E-state index contributed by atoms with van der Waals surface area (Å²) in [5, 5.41) is 0. The molecule has 2 fully saturated rings. The van der Waals surface area contributed by atoms with Gasteiger partial charge in [-0.3, -0.25) is 4.90 Å². The third kappa shape index (κ3) is 2.43. The highest BCUT2D eigenvalue weighted by Crippen LogP contribution is 2.41. The first kappa shape index (κ1) is 12.4. The summed E-state index contributed by atoms with van der Waals surface area (Å²) in [4.78, 5) is 2.68. The number of nitrogens with two attached hydrogens (primary N) is 1. The van der Waals surface area contributed by atoms with Gasteiger partial charge in [0.2, 0.25) is 0 Å². The fourth-order valence-corrected chi connectivity index (χ4v) is 3.83. The van der Waals surface area contributed by atoms with Crippen molar-refractivity contribution in [2.45, 2.75) is 76.9 Å². The molecule has 0 aromatic heterocycles. The molecule has 2 heteroatoms. The minimum atomic E-state index is 0.473. The molecular formula is C14H28N2. The van der Waals surface area contributed by atoms with Crippen LogP contribution in [0.15, 0.2) is 0 Å². The fourth-order valence-electron chi connectivity index (χ4n) is 3.83. The molecule has 2 aliphatic carbocycles. The first-order valence-electron chi connectivity index (χ1n) is 6.98. The standard InChI is InChI=1S/C14H28N2/c1-14(2)10-4-5-13(14)16(3)12-8-6-11(15)7-9-12/h11-13H,4-10,15H2,1-3H3. The predicted molar refractivity (Wildman–Crippen MR) is 69.4 cm³/mol. The summed E-state index contributed by atoms with van der Waals surface area (Å²) in [7, 11) is 2.35. The van der Waals surface area contributed by atoms with Crippen molar-refractivity contribution in [3.63, 3.8) is 0 Å². The summed E-state index contributed by atoms with van der Waals surface area (Å²) in [6, 6.07) is 2.07. The van der Waals surface area contributed by atoms with Gasteiger partial charge in [-0.1, -0.05) is 20.3 Å². The highest BCUT2D eigenvalue weighted by atomic mass is 15.2. The van der Waals surface area contributed by atoms with Gasteiger partial charge in [0.05, 0.1) is 0 Å². The van der Waals surface area contributed by atoms with Crippen molar-refractivity contribution < 1.29 is 0 Å². The second kappa shape index (κ2) is 4.66. The highest BCUT2D eigenvalue weighted by Gasteiger charge is 2.39. The van der Waals surface area contributed by atoms with Crippen LogP contribution in [0.1, 0.15) is 58.8 Å². The monoisotopic (exact) mass is 224 g/mol. The van der Waals surface area contributed by atoms with E-state index in [-0.39, 0.29) is 0 Å². The van der Waals surface area contributed by atoms with E-state index >= 15 is 0 Å². The van der Waals surface area contributed by atoms with Crippen molar-refractivity contribution in [1.82, 2.24) is 4.90 Å². The van der Waals surface area contributed by atoms with Crippen LogP contribution in [0.5, 0.6) is 0 Å². The van der Waals surface area contributed by atoms with Gasteiger partial charge in [-0.2, -0.15) is 0 Å². The summed E-state index contributed by atoms with van der Waals surface area (Å²) in [5.41, 5.74) is 6.51. The Morgan fingerprint density at radius 2 is 1.69 bits per heavy atom. The van der Waals surface area contributed by atoms with Gasteiger partial charge >= 0.3 is 0 Å². The average molecular weight is 224 g/mol. The summed E-state index contributed by atoms with van der Waals surface area (Å²) in [6.45, 7) is 4.88. The lowest BCUT2D eigenvalue weighted by atomic mass is 9.83. The SMILES string of the molecule is CN(C1CCC(N)CC1)C1CCCC1(C)C. The molecule has 0 heterocycles. The van der Waals surface area contributed by atoms with Crippen LogP contribution < -0.4 is 5.73 Å². The molecular weight excluding hydrogens is 196 g/mol. The van der Waals surface area contributed by atoms with Gasteiger partial charge in [0.1, 0.15) is 0 Å². The molecule has 94 valence electrons. The third-order valence-electron chi connectivity index (χ3n) is 5.01. The van der Waals surface area contributed by atoms with Crippen molar-refractivity contribution in [2.75, 3.05) is 7.05 Å². The molecule has 1 unspecified atom stereocenters. The molecule has 2 rings (SSSR count). The minimum absolute atomic E-state index is 0.473. The van der Waals surface area contributed by atoms with Crippen LogP contribution in [-0.4, -0.2) is 30.1 Å². The largest absolute Gasteiger partial charge is 0.328 e. The first-order valence-corrected chi connectivity index (χ1v) is 6.98. The predicted octanol–water partition coefficient (Wildman–Crippen LogP) is 2.77. The smallest absolute Gasteiger partial charge is 0.0146 e. The van der Waals surface area contributed by atoms with Crippen molar-refractivity contribution in [2.24, 2.45) is 11.1 Å². The molecule has 0 radical (unpaired) electrons. The molecule has 0 aromatic carbocycles. The van der Waals surface area contributed by atoms with Crippen LogP contribution >= 0.6 is 0 Å². The minimum Gasteiger partial charge on any atom is -0.328 e. The summed E-state index contributed by atoms with van der Waals surface area (Å²) < 4.78 is 0. The topological polar surface area (TPSA) is 29.3 Å². The number of rotatable bonds is 2. The van der Waals surface area contributed by atoms with Gasteiger partial charge in [0.25, 0.3) is 0 Å². The van der Waals surface area contributed by atoms with Gasteiger partial charge in [0.15, 0.2) is 0 Å². The summed E-state index contributed by atoms with van der Waals surface area (Å²) >= 11 is 0. The van der Waals surface area contributed by atoms with Gasteiger partial charge < -0.3 is 5.73 Å². The Labute approximate surface area is 101 Å². The van der Waals surface area contributed by atoms with Crippen molar-refractivity contribution in [3.8, 4) is 0 Å². The molecule has 2 aliphatic rings. The zero-order valence-corrected chi connectivity index (χ0v) is 11.2. The Kier molecular flexibility index (Phi) is 3.60. The van der Waals surface area contributed by atoms with Crippen LogP contribution in [0.4, 0.5) is 0 Å². The van der Waals surface area contributed by atoms with E-state index in [0.717, 1.165) is 12.1 Å². The summed E-state index contributed by atoms with van der Waals surface area (Å²) in [5.74, 6) is 0. The lowest BCUT2D eigenvalue weighted by molar-refractivity contribution is 0.0749. The molecule has 2 saturated carbocycles. The molecule has 2 N–H and O–H groups in total. The molecule has 16 heavy (non-hydrogen) atoms. The van der Waals surface area contributed by atoms with Gasteiger partial charge in [-0.15, -0.1) is 0 Å². The van der Waals surface area contributed by atoms with E-state index in [9.17, 15) is 0 Å². The van der Waals surface area contributed by atoms with Gasteiger partial charge in [-0.05, 0) is 51.0 Å². The number of hydrogen-bond acceptors (Lipinski definition) is 2. The molecule has 0 bridgehead atoms. The van der Waals surface area contributed by atoms with E-state index < -0.39 is 0 Å². The Hall–Kier alpha value is -0.0800. The average Bonchev–Trinajstić information content (AvgIpc) is 2.58. The highest BCUT2D eigenvalue weighted by molar-refractivity contribution is 4.94. The Morgan fingerprint density at radius 3 is 2.19 bits per heavy atom. The van der Waals surface area contributed by atoms with E-state index in [4.69, 9.17) is 5.73 Å². The first-order chi connectivity index (χ1) is 7.50. The van der Waals surface area contributed by atoms with Crippen LogP contribution in [0.25, 0.3) is 0 Å². The molecule has 0 spiro atoms. The Bertz CT molecular complexity index is 229. The lowest BCUT2D eigenvalue weighted by Gasteiger charge is -2.42. The molecule has 1 atom stereocenters. The van der Waals surface area contributed by atoms with Crippen LogP contribution in [0, 0.1) is 5.41 Å². The lowest BCUT2D eigenvalue weighted by Crippen LogP contribution is -2.47. The number of nitrogens with zero attached hydrogens (tertiary/aromatic N) is 1. The second-order valence-electron chi connectivity index (χ2n) is 6.63. The molecule has 0 saturated heterocycles. The van der Waals surface area contributed by atoms with Gasteiger partial charge in [0, 0.05) is 18.1 Å². The normalized spacial score (nSPS) is 39.2. The van der Waals surface area contributed by atoms with Crippen LogP contribution in [-0.2, 0) is 0 Å². The second-order valence-corrected chi connectivity index (χ2v) is 6.63. The molecule has 0 aromatic rings. The van der Waals surface area contributed by atoms with E-state index in [0.29, 0.717) is 11.5 Å². The van der Waals surface area contributed by atoms with Crippen LogP contribution in [0.3, 0.4) is 0 Å². The quantitative estimate of drug-likeness (QED) is 0.781. The van der Waals surface area contributed by atoms with Crippen LogP contribution in [0.2, 0.25) is 0 Å². The Morgan fingerprint density at radius 1 is 1.06 bits per heavy atom. The maximum atomic E-state index is 5.99. The Balaban J connectivity index is 1.94. The summed E-state index contributed by atoms with van der Waals surface area (Å²) in [6.07, 6.45) is 9.27. The number of hydrogen-bond donors (Lipinski definition) is 1. The third-order valence-corrected chi connectivity index (χ3v) is 5.01. The molecule has 0 aliphatic heterocycles. The van der Waals surface area contributed by atoms with E-state index in [1.165, 1.54) is 44.9 Å². The van der Waals surface area contributed by atoms with Crippen molar-refractivity contribution >= 4 is 0 Å². The fraction of sp³-hybridized carbons (Fsp3) is 1.00.